The number of hydrogen-bond acceptors (Lipinski definition) is 3. The van der Waals surface area contributed by atoms with Crippen molar-refractivity contribution in [2.45, 2.75) is 12.0 Å². The third kappa shape index (κ3) is 1.30. The molecule has 1 aliphatic heterocycles. The zero-order valence-corrected chi connectivity index (χ0v) is 7.36. The normalized spacial score (nSPS) is 26.3. The minimum absolute atomic E-state index is 0.243. The van der Waals surface area contributed by atoms with Crippen LogP contribution in [-0.2, 0) is 5.60 Å². The molecule has 0 amide bonds. The second kappa shape index (κ2) is 3.01. The number of ether oxygens (including phenoxy) is 1. The van der Waals surface area contributed by atoms with E-state index in [1.807, 2.05) is 24.3 Å². The van der Waals surface area contributed by atoms with E-state index in [0.717, 1.165) is 11.3 Å². The van der Waals surface area contributed by atoms with E-state index in [0.29, 0.717) is 13.0 Å². The van der Waals surface area contributed by atoms with Gasteiger partial charge in [0.1, 0.15) is 11.4 Å². The molecule has 0 aliphatic carbocycles. The van der Waals surface area contributed by atoms with Gasteiger partial charge in [0.25, 0.3) is 0 Å². The average Bonchev–Trinajstić information content (AvgIpc) is 2.19. The first kappa shape index (κ1) is 8.53. The zero-order valence-electron chi connectivity index (χ0n) is 7.36. The molecule has 1 atom stereocenters. The Labute approximate surface area is 77.1 Å². The lowest BCUT2D eigenvalue weighted by Crippen LogP contribution is -2.39. The number of aliphatic hydroxyl groups is 1. The van der Waals surface area contributed by atoms with Crippen LogP contribution in [0.25, 0.3) is 0 Å². The molecule has 70 valence electrons. The fraction of sp³-hybridized carbons (Fsp3) is 0.400. The van der Waals surface area contributed by atoms with Crippen molar-refractivity contribution >= 4 is 0 Å². The predicted molar refractivity (Wildman–Crippen MR) is 49.5 cm³/mol. The molecule has 0 unspecified atom stereocenters. The first-order valence-corrected chi connectivity index (χ1v) is 4.41. The molecule has 0 fully saturated rings. The zero-order chi connectivity index (χ0) is 9.31. The van der Waals surface area contributed by atoms with E-state index in [4.69, 9.17) is 10.5 Å². The van der Waals surface area contributed by atoms with Crippen LogP contribution in [0.3, 0.4) is 0 Å². The van der Waals surface area contributed by atoms with Gasteiger partial charge in [-0.05, 0) is 6.07 Å². The number of fused-ring (bicyclic) bond motifs is 1. The largest absolute Gasteiger partial charge is 0.493 e. The van der Waals surface area contributed by atoms with Crippen molar-refractivity contribution in [2.75, 3.05) is 13.2 Å². The highest BCUT2D eigenvalue weighted by Crippen LogP contribution is 2.35. The molecule has 3 nitrogen and oxygen atoms in total. The lowest BCUT2D eigenvalue weighted by molar-refractivity contribution is 0.00535. The Morgan fingerprint density at radius 3 is 3.00 bits per heavy atom. The molecule has 2 rings (SSSR count). The summed E-state index contributed by atoms with van der Waals surface area (Å²) in [5, 5.41) is 10.1. The van der Waals surface area contributed by atoms with Crippen molar-refractivity contribution in [3.8, 4) is 5.75 Å². The number of hydrogen-bond donors (Lipinski definition) is 2. The lowest BCUT2D eigenvalue weighted by atomic mass is 9.88. The molecule has 0 aromatic heterocycles. The smallest absolute Gasteiger partial charge is 0.125 e. The molecule has 0 saturated carbocycles. The average molecular weight is 179 g/mol. The second-order valence-corrected chi connectivity index (χ2v) is 3.33. The van der Waals surface area contributed by atoms with Gasteiger partial charge in [-0.25, -0.2) is 0 Å². The summed E-state index contributed by atoms with van der Waals surface area (Å²) in [6.07, 6.45) is 0.570. The summed E-state index contributed by atoms with van der Waals surface area (Å²) >= 11 is 0. The summed E-state index contributed by atoms with van der Waals surface area (Å²) in [6.45, 7) is 0.776. The Morgan fingerprint density at radius 2 is 2.23 bits per heavy atom. The van der Waals surface area contributed by atoms with Gasteiger partial charge in [0.2, 0.25) is 0 Å². The first-order valence-electron chi connectivity index (χ1n) is 4.41. The van der Waals surface area contributed by atoms with Gasteiger partial charge in [-0.2, -0.15) is 0 Å². The standard InChI is InChI=1S/C10H13NO2/c11-7-10(12)5-6-13-9-4-2-1-3-8(9)10/h1-4,12H,5-7,11H2/t10-/m1/s1. The first-order chi connectivity index (χ1) is 6.26. The summed E-state index contributed by atoms with van der Waals surface area (Å²) in [6, 6.07) is 7.49. The van der Waals surface area contributed by atoms with Crippen LogP contribution in [0.4, 0.5) is 0 Å². The van der Waals surface area contributed by atoms with E-state index in [1.165, 1.54) is 0 Å². The highest BCUT2D eigenvalue weighted by molar-refractivity contribution is 5.39. The Bertz CT molecular complexity index is 314. The molecule has 13 heavy (non-hydrogen) atoms. The number of rotatable bonds is 1. The van der Waals surface area contributed by atoms with Crippen molar-refractivity contribution in [3.63, 3.8) is 0 Å². The number of nitrogens with two attached hydrogens (primary N) is 1. The van der Waals surface area contributed by atoms with Crippen LogP contribution in [0, 0.1) is 0 Å². The van der Waals surface area contributed by atoms with E-state index in [-0.39, 0.29) is 6.54 Å². The second-order valence-electron chi connectivity index (χ2n) is 3.33. The van der Waals surface area contributed by atoms with Crippen LogP contribution >= 0.6 is 0 Å². The maximum Gasteiger partial charge on any atom is 0.125 e. The van der Waals surface area contributed by atoms with Gasteiger partial charge in [0.05, 0.1) is 6.61 Å². The molecule has 1 aliphatic rings. The van der Waals surface area contributed by atoms with Gasteiger partial charge >= 0.3 is 0 Å². The van der Waals surface area contributed by atoms with E-state index in [9.17, 15) is 5.11 Å². The molecular formula is C10H13NO2. The highest BCUT2D eigenvalue weighted by atomic mass is 16.5. The SMILES string of the molecule is NC[C@]1(O)CCOc2ccccc21. The predicted octanol–water partition coefficient (Wildman–Crippen LogP) is 0.615. The lowest BCUT2D eigenvalue weighted by Gasteiger charge is -2.33. The monoisotopic (exact) mass is 179 g/mol. The molecular weight excluding hydrogens is 166 g/mol. The van der Waals surface area contributed by atoms with Crippen LogP contribution in [0.1, 0.15) is 12.0 Å². The maximum absolute atomic E-state index is 10.1. The minimum atomic E-state index is -0.894. The van der Waals surface area contributed by atoms with E-state index >= 15 is 0 Å². The fourth-order valence-corrected chi connectivity index (χ4v) is 1.65. The van der Waals surface area contributed by atoms with Gasteiger partial charge in [0.15, 0.2) is 0 Å². The number of benzene rings is 1. The van der Waals surface area contributed by atoms with Crippen molar-refractivity contribution in [1.82, 2.24) is 0 Å². The van der Waals surface area contributed by atoms with Crippen LogP contribution < -0.4 is 10.5 Å². The third-order valence-corrected chi connectivity index (χ3v) is 2.50. The van der Waals surface area contributed by atoms with Gasteiger partial charge in [-0.1, -0.05) is 18.2 Å². The molecule has 3 N–H and O–H groups in total. The van der Waals surface area contributed by atoms with Crippen molar-refractivity contribution in [3.05, 3.63) is 29.8 Å². The Balaban J connectivity index is 2.48. The summed E-state index contributed by atoms with van der Waals surface area (Å²) in [4.78, 5) is 0. The summed E-state index contributed by atoms with van der Waals surface area (Å²) in [5.41, 5.74) is 5.46. The molecule has 0 bridgehead atoms. The highest BCUT2D eigenvalue weighted by Gasteiger charge is 2.33. The quantitative estimate of drug-likeness (QED) is 0.664. The minimum Gasteiger partial charge on any atom is -0.493 e. The van der Waals surface area contributed by atoms with Gasteiger partial charge in [0, 0.05) is 18.5 Å². The van der Waals surface area contributed by atoms with Crippen LogP contribution in [0.5, 0.6) is 5.75 Å². The molecule has 0 radical (unpaired) electrons. The fourth-order valence-electron chi connectivity index (χ4n) is 1.65. The molecule has 3 heteroatoms. The van der Waals surface area contributed by atoms with Gasteiger partial charge in [-0.3, -0.25) is 0 Å². The van der Waals surface area contributed by atoms with Crippen LogP contribution in [0.15, 0.2) is 24.3 Å². The summed E-state index contributed by atoms with van der Waals surface area (Å²) in [7, 11) is 0. The van der Waals surface area contributed by atoms with E-state index in [2.05, 4.69) is 0 Å². The third-order valence-electron chi connectivity index (χ3n) is 2.50. The Hall–Kier alpha value is -1.06. The van der Waals surface area contributed by atoms with Crippen molar-refractivity contribution < 1.29 is 9.84 Å². The Morgan fingerprint density at radius 1 is 1.46 bits per heavy atom. The molecule has 1 aromatic rings. The summed E-state index contributed by atoms with van der Waals surface area (Å²) in [5.74, 6) is 0.752. The van der Waals surface area contributed by atoms with E-state index < -0.39 is 5.60 Å². The van der Waals surface area contributed by atoms with Gasteiger partial charge in [-0.15, -0.1) is 0 Å². The molecule has 0 spiro atoms. The van der Waals surface area contributed by atoms with Crippen LogP contribution in [0.2, 0.25) is 0 Å². The Kier molecular flexibility index (Phi) is 1.98. The molecule has 1 aromatic carbocycles. The maximum atomic E-state index is 10.1. The number of para-hydroxylation sites is 1. The van der Waals surface area contributed by atoms with Crippen molar-refractivity contribution in [1.29, 1.82) is 0 Å². The molecule has 1 heterocycles. The van der Waals surface area contributed by atoms with Gasteiger partial charge < -0.3 is 15.6 Å². The van der Waals surface area contributed by atoms with Crippen molar-refractivity contribution in [2.24, 2.45) is 5.73 Å². The topological polar surface area (TPSA) is 55.5 Å². The van der Waals surface area contributed by atoms with Crippen LogP contribution in [-0.4, -0.2) is 18.3 Å². The summed E-state index contributed by atoms with van der Waals surface area (Å²) < 4.78 is 5.41. The molecule has 0 saturated heterocycles. The van der Waals surface area contributed by atoms with E-state index in [1.54, 1.807) is 0 Å².